The third-order valence-corrected chi connectivity index (χ3v) is 1.33. The molecule has 0 spiro atoms. The van der Waals surface area contributed by atoms with Crippen molar-refractivity contribution >= 4 is 6.34 Å². The zero-order valence-corrected chi connectivity index (χ0v) is 5.17. The fourth-order valence-electron chi connectivity index (χ4n) is 0.804. The molecule has 0 radical (unpaired) electrons. The maximum absolute atomic E-state index is 8.21. The molecule has 1 N–H and O–H groups in total. The Kier molecular flexibility index (Phi) is 2.08. The summed E-state index contributed by atoms with van der Waals surface area (Å²) in [5, 5.41) is 11.3. The van der Waals surface area contributed by atoms with Gasteiger partial charge in [-0.1, -0.05) is 0 Å². The highest BCUT2D eigenvalue weighted by Crippen LogP contribution is 1.98. The molecule has 1 aliphatic heterocycles. The molecule has 0 amide bonds. The van der Waals surface area contributed by atoms with Gasteiger partial charge < -0.3 is 5.32 Å². The predicted octanol–water partition coefficient (Wildman–Crippen LogP) is 0.290. The minimum absolute atomic E-state index is 0.421. The normalized spacial score (nSPS) is 23.2. The van der Waals surface area contributed by atoms with Crippen molar-refractivity contribution in [2.45, 2.75) is 18.9 Å². The van der Waals surface area contributed by atoms with Crippen LogP contribution in [-0.4, -0.2) is 18.9 Å². The first kappa shape index (κ1) is 6.09. The summed E-state index contributed by atoms with van der Waals surface area (Å²) in [4.78, 5) is 3.97. The van der Waals surface area contributed by atoms with E-state index in [4.69, 9.17) is 5.26 Å². The number of nitriles is 1. The van der Waals surface area contributed by atoms with Crippen molar-refractivity contribution in [2.75, 3.05) is 6.54 Å². The topological polar surface area (TPSA) is 48.2 Å². The van der Waals surface area contributed by atoms with Crippen LogP contribution in [0.3, 0.4) is 0 Å². The Hall–Kier alpha value is -1.04. The Bertz CT molecular complexity index is 137. The first-order valence-electron chi connectivity index (χ1n) is 3.05. The highest BCUT2D eigenvalue weighted by atomic mass is 15.0. The molecule has 1 atom stereocenters. The molecule has 3 nitrogen and oxygen atoms in total. The lowest BCUT2D eigenvalue weighted by Crippen LogP contribution is -2.23. The van der Waals surface area contributed by atoms with Gasteiger partial charge in [0.2, 0.25) is 0 Å². The van der Waals surface area contributed by atoms with Gasteiger partial charge in [-0.15, -0.1) is 0 Å². The van der Waals surface area contributed by atoms with Crippen molar-refractivity contribution in [3.8, 4) is 6.07 Å². The van der Waals surface area contributed by atoms with E-state index in [1.54, 1.807) is 6.34 Å². The van der Waals surface area contributed by atoms with Crippen LogP contribution in [0.25, 0.3) is 0 Å². The van der Waals surface area contributed by atoms with Gasteiger partial charge in [-0.25, -0.2) is 0 Å². The SMILES string of the molecule is N#CCCC1CN=CN1. The van der Waals surface area contributed by atoms with Gasteiger partial charge in [0.1, 0.15) is 0 Å². The van der Waals surface area contributed by atoms with Crippen LogP contribution in [0.5, 0.6) is 0 Å². The average molecular weight is 123 g/mol. The van der Waals surface area contributed by atoms with E-state index in [9.17, 15) is 0 Å². The molecule has 0 saturated carbocycles. The number of aliphatic imine (C=N–C) groups is 1. The lowest BCUT2D eigenvalue weighted by molar-refractivity contribution is 0.614. The summed E-state index contributed by atoms with van der Waals surface area (Å²) in [6, 6.07) is 2.52. The molecule has 0 aromatic carbocycles. The highest BCUT2D eigenvalue weighted by Gasteiger charge is 2.07. The van der Waals surface area contributed by atoms with Crippen molar-refractivity contribution < 1.29 is 0 Å². The van der Waals surface area contributed by atoms with E-state index in [0.29, 0.717) is 12.5 Å². The van der Waals surface area contributed by atoms with Crippen molar-refractivity contribution in [2.24, 2.45) is 4.99 Å². The molecule has 0 aromatic rings. The number of hydrogen-bond acceptors (Lipinski definition) is 3. The smallest absolute Gasteiger partial charge is 0.0827 e. The Morgan fingerprint density at radius 1 is 1.89 bits per heavy atom. The second-order valence-corrected chi connectivity index (χ2v) is 2.05. The summed E-state index contributed by atoms with van der Waals surface area (Å²) in [5.74, 6) is 0. The third-order valence-electron chi connectivity index (χ3n) is 1.33. The predicted molar refractivity (Wildman–Crippen MR) is 35.1 cm³/mol. The van der Waals surface area contributed by atoms with Crippen LogP contribution in [0.2, 0.25) is 0 Å². The van der Waals surface area contributed by atoms with Crippen molar-refractivity contribution in [1.82, 2.24) is 5.32 Å². The highest BCUT2D eigenvalue weighted by molar-refractivity contribution is 5.57. The zero-order valence-electron chi connectivity index (χ0n) is 5.17. The Morgan fingerprint density at radius 3 is 3.33 bits per heavy atom. The van der Waals surface area contributed by atoms with Crippen molar-refractivity contribution in [1.29, 1.82) is 5.26 Å². The lowest BCUT2D eigenvalue weighted by Gasteiger charge is -2.04. The van der Waals surface area contributed by atoms with Gasteiger partial charge in [-0.3, -0.25) is 4.99 Å². The van der Waals surface area contributed by atoms with Gasteiger partial charge in [-0.05, 0) is 6.42 Å². The molecule has 1 unspecified atom stereocenters. The van der Waals surface area contributed by atoms with Gasteiger partial charge in [0.25, 0.3) is 0 Å². The molecule has 1 aliphatic rings. The van der Waals surface area contributed by atoms with Crippen molar-refractivity contribution in [3.05, 3.63) is 0 Å². The molecule has 0 aliphatic carbocycles. The molecular weight excluding hydrogens is 114 g/mol. The molecular formula is C6H9N3. The number of nitrogens with one attached hydrogen (secondary N) is 1. The fourth-order valence-corrected chi connectivity index (χ4v) is 0.804. The van der Waals surface area contributed by atoms with Gasteiger partial charge in [0.05, 0.1) is 19.0 Å². The van der Waals surface area contributed by atoms with Gasteiger partial charge in [-0.2, -0.15) is 5.26 Å². The molecule has 0 bridgehead atoms. The van der Waals surface area contributed by atoms with Crippen LogP contribution in [0, 0.1) is 11.3 Å². The van der Waals surface area contributed by atoms with E-state index in [1.165, 1.54) is 0 Å². The van der Waals surface area contributed by atoms with Crippen LogP contribution < -0.4 is 5.32 Å². The second kappa shape index (κ2) is 3.08. The van der Waals surface area contributed by atoms with Crippen LogP contribution in [0.15, 0.2) is 4.99 Å². The minimum atomic E-state index is 0.421. The summed E-state index contributed by atoms with van der Waals surface area (Å²) < 4.78 is 0. The van der Waals surface area contributed by atoms with Crippen molar-refractivity contribution in [3.63, 3.8) is 0 Å². The molecule has 0 aromatic heterocycles. The van der Waals surface area contributed by atoms with Crippen LogP contribution in [0.1, 0.15) is 12.8 Å². The number of rotatable bonds is 2. The van der Waals surface area contributed by atoms with E-state index in [2.05, 4.69) is 16.4 Å². The van der Waals surface area contributed by atoms with Crippen LogP contribution >= 0.6 is 0 Å². The summed E-state index contributed by atoms with van der Waals surface area (Å²) in [6.45, 7) is 0.835. The zero-order chi connectivity index (χ0) is 6.53. The second-order valence-electron chi connectivity index (χ2n) is 2.05. The van der Waals surface area contributed by atoms with E-state index in [-0.39, 0.29) is 0 Å². The molecule has 9 heavy (non-hydrogen) atoms. The molecule has 3 heteroatoms. The van der Waals surface area contributed by atoms with E-state index >= 15 is 0 Å². The summed E-state index contributed by atoms with van der Waals surface area (Å²) in [6.07, 6.45) is 3.25. The maximum atomic E-state index is 8.21. The molecule has 1 rings (SSSR count). The average Bonchev–Trinajstić information content (AvgIpc) is 2.34. The molecule has 0 saturated heterocycles. The van der Waals surface area contributed by atoms with Crippen LogP contribution in [-0.2, 0) is 0 Å². The number of nitrogens with zero attached hydrogens (tertiary/aromatic N) is 2. The van der Waals surface area contributed by atoms with E-state index in [0.717, 1.165) is 13.0 Å². The summed E-state index contributed by atoms with van der Waals surface area (Å²) >= 11 is 0. The first-order valence-corrected chi connectivity index (χ1v) is 3.05. The standard InChI is InChI=1S/C6H9N3/c7-3-1-2-6-4-8-5-9-6/h5-6H,1-2,4H2,(H,8,9). The summed E-state index contributed by atoms with van der Waals surface area (Å²) in [7, 11) is 0. The summed E-state index contributed by atoms with van der Waals surface area (Å²) in [5.41, 5.74) is 0. The molecule has 48 valence electrons. The van der Waals surface area contributed by atoms with E-state index in [1.807, 2.05) is 0 Å². The Labute approximate surface area is 54.4 Å². The largest absolute Gasteiger partial charge is 0.372 e. The van der Waals surface area contributed by atoms with Gasteiger partial charge in [0, 0.05) is 12.5 Å². The fraction of sp³-hybridized carbons (Fsp3) is 0.667. The lowest BCUT2D eigenvalue weighted by atomic mass is 10.2. The maximum Gasteiger partial charge on any atom is 0.0827 e. The quantitative estimate of drug-likeness (QED) is 0.573. The number of hydrogen-bond donors (Lipinski definition) is 1. The first-order chi connectivity index (χ1) is 4.43. The Balaban J connectivity index is 2.09. The third kappa shape index (κ3) is 1.73. The van der Waals surface area contributed by atoms with E-state index < -0.39 is 0 Å². The Morgan fingerprint density at radius 2 is 2.78 bits per heavy atom. The molecule has 0 fully saturated rings. The minimum Gasteiger partial charge on any atom is -0.372 e. The van der Waals surface area contributed by atoms with Gasteiger partial charge >= 0.3 is 0 Å². The van der Waals surface area contributed by atoms with Crippen LogP contribution in [0.4, 0.5) is 0 Å². The van der Waals surface area contributed by atoms with Gasteiger partial charge in [0.15, 0.2) is 0 Å². The monoisotopic (exact) mass is 123 g/mol. The molecule has 1 heterocycles.